The number of nitrogens with one attached hydrogen (secondary N) is 2. The summed E-state index contributed by atoms with van der Waals surface area (Å²) < 4.78 is 0. The molecular formula is C10H13ClN4O. The first-order chi connectivity index (χ1) is 7.65. The van der Waals surface area contributed by atoms with Crippen LogP contribution < -0.4 is 16.4 Å². The van der Waals surface area contributed by atoms with Crippen molar-refractivity contribution in [1.29, 1.82) is 0 Å². The van der Waals surface area contributed by atoms with Gasteiger partial charge in [-0.25, -0.2) is 4.98 Å². The number of amides is 1. The van der Waals surface area contributed by atoms with Crippen molar-refractivity contribution in [3.05, 3.63) is 17.3 Å². The zero-order valence-electron chi connectivity index (χ0n) is 8.66. The van der Waals surface area contributed by atoms with E-state index in [0.29, 0.717) is 29.6 Å². The molecule has 1 amide bonds. The second kappa shape index (κ2) is 4.57. The van der Waals surface area contributed by atoms with E-state index in [1.54, 1.807) is 12.1 Å². The van der Waals surface area contributed by atoms with Crippen molar-refractivity contribution in [1.82, 2.24) is 10.3 Å². The molecule has 0 aromatic carbocycles. The van der Waals surface area contributed by atoms with Crippen molar-refractivity contribution >= 4 is 29.0 Å². The Morgan fingerprint density at radius 1 is 1.56 bits per heavy atom. The second-order valence-electron chi connectivity index (χ2n) is 3.76. The van der Waals surface area contributed by atoms with Gasteiger partial charge in [0.25, 0.3) is 0 Å². The lowest BCUT2D eigenvalue weighted by molar-refractivity contribution is -0.122. The third-order valence-electron chi connectivity index (χ3n) is 2.50. The molecule has 16 heavy (non-hydrogen) atoms. The van der Waals surface area contributed by atoms with E-state index in [-0.39, 0.29) is 11.9 Å². The summed E-state index contributed by atoms with van der Waals surface area (Å²) >= 11 is 5.78. The van der Waals surface area contributed by atoms with E-state index in [9.17, 15) is 4.79 Å². The predicted octanol–water partition coefficient (Wildman–Crippen LogP) is 1.01. The van der Waals surface area contributed by atoms with Crippen molar-refractivity contribution in [3.63, 3.8) is 0 Å². The molecule has 1 unspecified atom stereocenters. The van der Waals surface area contributed by atoms with Crippen LogP contribution in [-0.2, 0) is 4.79 Å². The highest BCUT2D eigenvalue weighted by Crippen LogP contribution is 2.20. The van der Waals surface area contributed by atoms with Gasteiger partial charge in [-0.05, 0) is 18.6 Å². The number of pyridine rings is 1. The molecule has 5 nitrogen and oxygen atoms in total. The second-order valence-corrected chi connectivity index (χ2v) is 4.14. The molecule has 0 aliphatic carbocycles. The van der Waals surface area contributed by atoms with E-state index in [1.165, 1.54) is 0 Å². The van der Waals surface area contributed by atoms with Crippen LogP contribution in [0.25, 0.3) is 0 Å². The number of nitrogen functional groups attached to an aromatic ring is 1. The summed E-state index contributed by atoms with van der Waals surface area (Å²) in [5, 5.41) is 6.36. The van der Waals surface area contributed by atoms with E-state index >= 15 is 0 Å². The van der Waals surface area contributed by atoms with Gasteiger partial charge < -0.3 is 16.4 Å². The van der Waals surface area contributed by atoms with Crippen LogP contribution in [0.15, 0.2) is 12.1 Å². The molecule has 0 radical (unpaired) electrons. The molecule has 1 atom stereocenters. The van der Waals surface area contributed by atoms with Crippen LogP contribution in [0.3, 0.4) is 0 Å². The number of halogens is 1. The maximum atomic E-state index is 11.0. The van der Waals surface area contributed by atoms with Gasteiger partial charge in [0.1, 0.15) is 5.15 Å². The van der Waals surface area contributed by atoms with Crippen LogP contribution in [0, 0.1) is 0 Å². The van der Waals surface area contributed by atoms with Crippen molar-refractivity contribution in [2.75, 3.05) is 17.6 Å². The Bertz CT molecular complexity index is 400. The minimum atomic E-state index is 0.0880. The van der Waals surface area contributed by atoms with E-state index in [1.807, 2.05) is 0 Å². The average molecular weight is 241 g/mol. The Balaban J connectivity index is 2.03. The van der Waals surface area contributed by atoms with E-state index < -0.39 is 0 Å². The summed E-state index contributed by atoms with van der Waals surface area (Å²) in [7, 11) is 0. The molecule has 1 saturated heterocycles. The van der Waals surface area contributed by atoms with E-state index in [2.05, 4.69) is 15.6 Å². The monoisotopic (exact) mass is 240 g/mol. The molecule has 1 aliphatic heterocycles. The van der Waals surface area contributed by atoms with Gasteiger partial charge in [0.15, 0.2) is 5.82 Å². The van der Waals surface area contributed by atoms with Crippen molar-refractivity contribution in [2.24, 2.45) is 0 Å². The molecule has 1 aromatic rings. The number of carbonyl (C=O) groups excluding carboxylic acids is 1. The quantitative estimate of drug-likeness (QED) is 0.674. The summed E-state index contributed by atoms with van der Waals surface area (Å²) in [6.07, 6.45) is 1.30. The minimum absolute atomic E-state index is 0.0880. The van der Waals surface area contributed by atoms with Gasteiger partial charge in [-0.3, -0.25) is 4.79 Å². The SMILES string of the molecule is Nc1ccc(Cl)nc1NC1CCC(=O)NC1. The van der Waals surface area contributed by atoms with Gasteiger partial charge in [-0.15, -0.1) is 0 Å². The molecule has 0 spiro atoms. The number of piperidine rings is 1. The van der Waals surface area contributed by atoms with Crippen molar-refractivity contribution in [3.8, 4) is 0 Å². The van der Waals surface area contributed by atoms with Gasteiger partial charge in [-0.2, -0.15) is 0 Å². The maximum absolute atomic E-state index is 11.0. The number of anilines is 2. The highest BCUT2D eigenvalue weighted by Gasteiger charge is 2.18. The van der Waals surface area contributed by atoms with Gasteiger partial charge >= 0.3 is 0 Å². The summed E-state index contributed by atoms with van der Waals surface area (Å²) in [4.78, 5) is 15.1. The van der Waals surface area contributed by atoms with Crippen LogP contribution >= 0.6 is 11.6 Å². The highest BCUT2D eigenvalue weighted by atomic mass is 35.5. The maximum Gasteiger partial charge on any atom is 0.220 e. The Morgan fingerprint density at radius 2 is 2.38 bits per heavy atom. The first-order valence-corrected chi connectivity index (χ1v) is 5.48. The number of rotatable bonds is 2. The predicted molar refractivity (Wildman–Crippen MR) is 63.3 cm³/mol. The number of carbonyl (C=O) groups is 1. The van der Waals surface area contributed by atoms with Crippen LogP contribution in [0.2, 0.25) is 5.15 Å². The summed E-state index contributed by atoms with van der Waals surface area (Å²) in [6.45, 7) is 0.590. The van der Waals surface area contributed by atoms with E-state index in [4.69, 9.17) is 17.3 Å². The van der Waals surface area contributed by atoms with Gasteiger partial charge in [0.05, 0.1) is 5.69 Å². The topological polar surface area (TPSA) is 80.0 Å². The minimum Gasteiger partial charge on any atom is -0.396 e. The Labute approximate surface area is 98.4 Å². The lowest BCUT2D eigenvalue weighted by Crippen LogP contribution is -2.42. The zero-order chi connectivity index (χ0) is 11.5. The van der Waals surface area contributed by atoms with Gasteiger partial charge in [0, 0.05) is 19.0 Å². The summed E-state index contributed by atoms with van der Waals surface area (Å²) in [5.74, 6) is 0.665. The molecule has 4 N–H and O–H groups in total. The van der Waals surface area contributed by atoms with E-state index in [0.717, 1.165) is 6.42 Å². The van der Waals surface area contributed by atoms with Crippen molar-refractivity contribution < 1.29 is 4.79 Å². The fourth-order valence-corrected chi connectivity index (χ4v) is 1.76. The third-order valence-corrected chi connectivity index (χ3v) is 2.71. The lowest BCUT2D eigenvalue weighted by Gasteiger charge is -2.24. The van der Waals surface area contributed by atoms with Gasteiger partial charge in [0.2, 0.25) is 5.91 Å². The molecule has 0 bridgehead atoms. The molecule has 86 valence electrons. The number of nitrogens with zero attached hydrogens (tertiary/aromatic N) is 1. The number of hydrogen-bond donors (Lipinski definition) is 3. The molecule has 1 aliphatic rings. The molecule has 1 aromatic heterocycles. The molecule has 1 fully saturated rings. The Morgan fingerprint density at radius 3 is 3.06 bits per heavy atom. The first kappa shape index (κ1) is 11.0. The van der Waals surface area contributed by atoms with Gasteiger partial charge in [-0.1, -0.05) is 11.6 Å². The summed E-state index contributed by atoms with van der Waals surface area (Å²) in [5.41, 5.74) is 6.32. The standard InChI is InChI=1S/C10H13ClN4O/c11-8-3-2-7(12)10(15-8)14-6-1-4-9(16)13-5-6/h2-3,6H,1,4-5,12H2,(H,13,16)(H,14,15). The average Bonchev–Trinajstić information content (AvgIpc) is 2.27. The summed E-state index contributed by atoms with van der Waals surface area (Å²) in [6, 6.07) is 3.51. The molecule has 2 rings (SSSR count). The fourth-order valence-electron chi connectivity index (χ4n) is 1.61. The fraction of sp³-hybridized carbons (Fsp3) is 0.400. The zero-order valence-corrected chi connectivity index (χ0v) is 9.42. The Kier molecular flexibility index (Phi) is 3.14. The molecule has 2 heterocycles. The first-order valence-electron chi connectivity index (χ1n) is 5.10. The Hall–Kier alpha value is -1.49. The molecule has 6 heteroatoms. The smallest absolute Gasteiger partial charge is 0.220 e. The van der Waals surface area contributed by atoms with Crippen LogP contribution in [0.4, 0.5) is 11.5 Å². The molecular weight excluding hydrogens is 228 g/mol. The third kappa shape index (κ3) is 2.55. The number of hydrogen-bond acceptors (Lipinski definition) is 4. The number of nitrogens with two attached hydrogens (primary N) is 1. The molecule has 0 saturated carbocycles. The highest BCUT2D eigenvalue weighted by molar-refractivity contribution is 6.29. The normalized spacial score (nSPS) is 20.3. The number of aromatic nitrogens is 1. The van der Waals surface area contributed by atoms with Crippen LogP contribution in [-0.4, -0.2) is 23.5 Å². The largest absolute Gasteiger partial charge is 0.396 e. The van der Waals surface area contributed by atoms with Crippen molar-refractivity contribution in [2.45, 2.75) is 18.9 Å². The lowest BCUT2D eigenvalue weighted by atomic mass is 10.1. The van der Waals surface area contributed by atoms with Crippen LogP contribution in [0.5, 0.6) is 0 Å². The van der Waals surface area contributed by atoms with Crippen LogP contribution in [0.1, 0.15) is 12.8 Å².